The molecule has 0 atom stereocenters. The largest absolute Gasteiger partial charge is 0.493 e. The molecule has 1 saturated heterocycles. The Bertz CT molecular complexity index is 1430. The summed E-state index contributed by atoms with van der Waals surface area (Å²) >= 11 is 0. The molecule has 1 fully saturated rings. The number of amides is 1. The number of nitrogens with zero attached hydrogens (tertiary/aromatic N) is 4. The van der Waals surface area contributed by atoms with Crippen LogP contribution in [-0.2, 0) is 0 Å². The van der Waals surface area contributed by atoms with Crippen molar-refractivity contribution in [2.75, 3.05) is 58.8 Å². The van der Waals surface area contributed by atoms with Crippen LogP contribution in [0.1, 0.15) is 22.8 Å². The minimum absolute atomic E-state index is 0.0757. The minimum atomic E-state index is -0.0757. The summed E-state index contributed by atoms with van der Waals surface area (Å²) in [6, 6.07) is 14.7. The highest BCUT2D eigenvalue weighted by molar-refractivity contribution is 6.00. The van der Waals surface area contributed by atoms with Crippen molar-refractivity contribution in [3.05, 3.63) is 66.0 Å². The number of aryl methyl sites for hydroxylation is 1. The fourth-order valence-electron chi connectivity index (χ4n) is 5.02. The fourth-order valence-corrected chi connectivity index (χ4v) is 5.02. The van der Waals surface area contributed by atoms with E-state index in [0.29, 0.717) is 17.9 Å². The van der Waals surface area contributed by atoms with Gasteiger partial charge < -0.3 is 24.4 Å². The topological polar surface area (TPSA) is 64.7 Å². The number of benzene rings is 2. The summed E-state index contributed by atoms with van der Waals surface area (Å²) in [7, 11) is 5.68. The number of aromatic amines is 1. The molecule has 0 spiro atoms. The molecule has 2 aromatic heterocycles. The third kappa shape index (κ3) is 4.91. The van der Waals surface area contributed by atoms with Gasteiger partial charge in [-0.1, -0.05) is 12.1 Å². The number of carbonyl (C=O) groups is 1. The monoisotopic (exact) mass is 497 g/mol. The lowest BCUT2D eigenvalue weighted by Crippen LogP contribution is -2.44. The maximum atomic E-state index is 12.6. The van der Waals surface area contributed by atoms with Gasteiger partial charge >= 0.3 is 0 Å². The predicted octanol–water partition coefficient (Wildman–Crippen LogP) is 5.06. The average molecular weight is 498 g/mol. The Morgan fingerprint density at radius 1 is 1.03 bits per heavy atom. The van der Waals surface area contributed by atoms with E-state index >= 15 is 0 Å². The molecule has 1 aliphatic heterocycles. The predicted molar refractivity (Wildman–Crippen MR) is 151 cm³/mol. The molecule has 5 rings (SSSR count). The van der Waals surface area contributed by atoms with E-state index in [9.17, 15) is 4.79 Å². The highest BCUT2D eigenvalue weighted by Gasteiger charge is 2.18. The maximum absolute atomic E-state index is 12.6. The van der Waals surface area contributed by atoms with Gasteiger partial charge in [0.2, 0.25) is 0 Å². The minimum Gasteiger partial charge on any atom is -0.493 e. The molecule has 1 amide bonds. The van der Waals surface area contributed by atoms with Gasteiger partial charge in [0.25, 0.3) is 5.91 Å². The number of hydrogen-bond acceptors (Lipinski definition) is 5. The van der Waals surface area contributed by atoms with Crippen molar-refractivity contribution < 1.29 is 9.53 Å². The first-order valence-corrected chi connectivity index (χ1v) is 12.9. The SMILES string of the molecule is CCOc1cc(-c2c[nH]c3ncc(-c4ccc(N5CCN(C)CC5)c(C)c4)cc23)ccc1C(=O)N(C)C. The Balaban J connectivity index is 1.49. The molecule has 0 bridgehead atoms. The first kappa shape index (κ1) is 24.8. The number of rotatable bonds is 6. The number of hydrogen-bond donors (Lipinski definition) is 1. The van der Waals surface area contributed by atoms with Gasteiger partial charge in [0.15, 0.2) is 0 Å². The Morgan fingerprint density at radius 2 is 1.78 bits per heavy atom. The van der Waals surface area contributed by atoms with Gasteiger partial charge in [-0.05, 0) is 67.9 Å². The van der Waals surface area contributed by atoms with E-state index in [2.05, 4.69) is 53.0 Å². The van der Waals surface area contributed by atoms with Crippen LogP contribution in [0.15, 0.2) is 54.9 Å². The van der Waals surface area contributed by atoms with Crippen molar-refractivity contribution in [3.63, 3.8) is 0 Å². The van der Waals surface area contributed by atoms with Gasteiger partial charge in [-0.25, -0.2) is 4.98 Å². The molecule has 37 heavy (non-hydrogen) atoms. The normalized spacial score (nSPS) is 14.2. The Labute approximate surface area is 218 Å². The zero-order valence-corrected chi connectivity index (χ0v) is 22.3. The van der Waals surface area contributed by atoms with Crippen LogP contribution in [0.2, 0.25) is 0 Å². The second kappa shape index (κ2) is 10.3. The van der Waals surface area contributed by atoms with Crippen LogP contribution in [0.5, 0.6) is 5.75 Å². The third-order valence-electron chi connectivity index (χ3n) is 7.13. The Hall–Kier alpha value is -3.84. The third-order valence-corrected chi connectivity index (χ3v) is 7.13. The van der Waals surface area contributed by atoms with E-state index in [1.165, 1.54) is 11.3 Å². The number of anilines is 1. The Kier molecular flexibility index (Phi) is 6.89. The van der Waals surface area contributed by atoms with Crippen LogP contribution in [0.4, 0.5) is 5.69 Å². The molecule has 0 radical (unpaired) electrons. The van der Waals surface area contributed by atoms with Gasteiger partial charge in [0.1, 0.15) is 11.4 Å². The second-order valence-corrected chi connectivity index (χ2v) is 9.96. The van der Waals surface area contributed by atoms with Gasteiger partial charge in [-0.3, -0.25) is 4.79 Å². The van der Waals surface area contributed by atoms with Crippen molar-refractivity contribution >= 4 is 22.6 Å². The summed E-state index contributed by atoms with van der Waals surface area (Å²) < 4.78 is 5.85. The van der Waals surface area contributed by atoms with E-state index in [1.807, 2.05) is 37.5 Å². The highest BCUT2D eigenvalue weighted by atomic mass is 16.5. The Morgan fingerprint density at radius 3 is 2.49 bits per heavy atom. The zero-order chi connectivity index (χ0) is 26.1. The van der Waals surface area contributed by atoms with Crippen molar-refractivity contribution in [2.45, 2.75) is 13.8 Å². The number of likely N-dealkylation sites (N-methyl/N-ethyl adjacent to an activating group) is 1. The number of piperazine rings is 1. The number of carbonyl (C=O) groups excluding carboxylic acids is 1. The van der Waals surface area contributed by atoms with E-state index in [4.69, 9.17) is 9.72 Å². The van der Waals surface area contributed by atoms with E-state index in [0.717, 1.165) is 59.5 Å². The fraction of sp³-hybridized carbons (Fsp3) is 0.333. The number of pyridine rings is 1. The van der Waals surface area contributed by atoms with E-state index in [1.54, 1.807) is 19.0 Å². The van der Waals surface area contributed by atoms with E-state index in [-0.39, 0.29) is 5.91 Å². The molecule has 1 aliphatic rings. The van der Waals surface area contributed by atoms with Crippen LogP contribution in [-0.4, -0.2) is 79.6 Å². The number of H-pyrrole nitrogens is 1. The summed E-state index contributed by atoms with van der Waals surface area (Å²) in [6.07, 6.45) is 3.90. The summed E-state index contributed by atoms with van der Waals surface area (Å²) in [5.74, 6) is 0.514. The quantitative estimate of drug-likeness (QED) is 0.404. The number of ether oxygens (including phenoxy) is 1. The van der Waals surface area contributed by atoms with Crippen LogP contribution < -0.4 is 9.64 Å². The van der Waals surface area contributed by atoms with Gasteiger partial charge in [0.05, 0.1) is 12.2 Å². The molecule has 7 heteroatoms. The van der Waals surface area contributed by atoms with Gasteiger partial charge in [-0.15, -0.1) is 0 Å². The highest BCUT2D eigenvalue weighted by Crippen LogP contribution is 2.35. The lowest BCUT2D eigenvalue weighted by Gasteiger charge is -2.35. The lowest BCUT2D eigenvalue weighted by molar-refractivity contribution is 0.0823. The van der Waals surface area contributed by atoms with Crippen molar-refractivity contribution in [2.24, 2.45) is 0 Å². The standard InChI is InChI=1S/C30H35N5O2/c1-6-37-28-17-22(7-9-24(28)30(36)33(3)4)26-19-32-29-25(26)16-23(18-31-29)21-8-10-27(20(2)15-21)35-13-11-34(5)12-14-35/h7-10,15-19H,6,11-14H2,1-5H3,(H,31,32). The first-order chi connectivity index (χ1) is 17.9. The number of fused-ring (bicyclic) bond motifs is 1. The van der Waals surface area contributed by atoms with E-state index < -0.39 is 0 Å². The summed E-state index contributed by atoms with van der Waals surface area (Å²) in [6.45, 7) is 8.90. The molecule has 0 aliphatic carbocycles. The second-order valence-electron chi connectivity index (χ2n) is 9.96. The zero-order valence-electron chi connectivity index (χ0n) is 22.3. The number of nitrogens with one attached hydrogen (secondary N) is 1. The van der Waals surface area contributed by atoms with Crippen molar-refractivity contribution in [1.29, 1.82) is 0 Å². The molecule has 1 N–H and O–H groups in total. The first-order valence-electron chi connectivity index (χ1n) is 12.9. The molecule has 0 saturated carbocycles. The molecule has 192 valence electrons. The maximum Gasteiger partial charge on any atom is 0.257 e. The van der Waals surface area contributed by atoms with Crippen LogP contribution in [0.3, 0.4) is 0 Å². The lowest BCUT2D eigenvalue weighted by atomic mass is 9.99. The smallest absolute Gasteiger partial charge is 0.257 e. The number of aromatic nitrogens is 2. The van der Waals surface area contributed by atoms with Crippen molar-refractivity contribution in [1.82, 2.24) is 19.8 Å². The molecule has 3 heterocycles. The van der Waals surface area contributed by atoms with Gasteiger partial charge in [-0.2, -0.15) is 0 Å². The summed E-state index contributed by atoms with van der Waals surface area (Å²) in [5.41, 5.74) is 8.21. The molecule has 2 aromatic carbocycles. The van der Waals surface area contributed by atoms with Gasteiger partial charge in [0, 0.05) is 74.9 Å². The van der Waals surface area contributed by atoms with Crippen LogP contribution >= 0.6 is 0 Å². The molecular weight excluding hydrogens is 462 g/mol. The molecule has 4 aromatic rings. The van der Waals surface area contributed by atoms with Crippen LogP contribution in [0, 0.1) is 6.92 Å². The average Bonchev–Trinajstić information content (AvgIpc) is 3.32. The molecular formula is C30H35N5O2. The summed E-state index contributed by atoms with van der Waals surface area (Å²) in [5, 5.41) is 1.03. The van der Waals surface area contributed by atoms with Crippen molar-refractivity contribution in [3.8, 4) is 28.0 Å². The molecule has 0 unspecified atom stereocenters. The van der Waals surface area contributed by atoms with Crippen LogP contribution in [0.25, 0.3) is 33.3 Å². The summed E-state index contributed by atoms with van der Waals surface area (Å²) in [4.78, 5) is 27.1. The molecule has 7 nitrogen and oxygen atoms in total.